The van der Waals surface area contributed by atoms with E-state index in [2.05, 4.69) is 5.32 Å². The second kappa shape index (κ2) is 11.0. The molecule has 0 saturated carbocycles. The summed E-state index contributed by atoms with van der Waals surface area (Å²) in [7, 11) is -3.60. The van der Waals surface area contributed by atoms with Gasteiger partial charge in [-0.15, -0.1) is 0 Å². The van der Waals surface area contributed by atoms with Crippen molar-refractivity contribution < 1.29 is 23.1 Å². The number of sulfone groups is 1. The Bertz CT molecular complexity index is 666. The van der Waals surface area contributed by atoms with Crippen LogP contribution >= 0.6 is 0 Å². The van der Waals surface area contributed by atoms with E-state index in [1.807, 2.05) is 44.2 Å². The summed E-state index contributed by atoms with van der Waals surface area (Å²) in [6, 6.07) is 7.94. The largest absolute Gasteiger partial charge is 0.480 e. The molecule has 1 rings (SSSR count). The molecule has 26 heavy (non-hydrogen) atoms. The molecule has 0 saturated heterocycles. The van der Waals surface area contributed by atoms with E-state index in [-0.39, 0.29) is 6.42 Å². The summed E-state index contributed by atoms with van der Waals surface area (Å²) in [4.78, 5) is 23.5. The number of carbonyl (C=O) groups excluding carboxylic acids is 1. The van der Waals surface area contributed by atoms with Crippen LogP contribution < -0.4 is 5.32 Å². The predicted molar refractivity (Wildman–Crippen MR) is 102 cm³/mol. The lowest BCUT2D eigenvalue weighted by molar-refractivity contribution is -0.141. The van der Waals surface area contributed by atoms with Crippen LogP contribution in [0.3, 0.4) is 0 Å². The molecule has 0 fully saturated rings. The average Bonchev–Trinajstić information content (AvgIpc) is 2.60. The number of carboxylic acid groups (broad SMARTS) is 1. The molecule has 146 valence electrons. The van der Waals surface area contributed by atoms with Crippen LogP contribution in [0.2, 0.25) is 0 Å². The molecule has 0 radical (unpaired) electrons. The fraction of sp³-hybridized carbons (Fsp3) is 0.579. The quantitative estimate of drug-likeness (QED) is 0.578. The Labute approximate surface area is 155 Å². The number of carbonyl (C=O) groups is 2. The topological polar surface area (TPSA) is 101 Å². The molecule has 0 spiro atoms. The monoisotopic (exact) mass is 383 g/mol. The average molecular weight is 384 g/mol. The first-order valence-electron chi connectivity index (χ1n) is 9.07. The summed E-state index contributed by atoms with van der Waals surface area (Å²) < 4.78 is 25.1. The first-order valence-corrected chi connectivity index (χ1v) is 10.8. The van der Waals surface area contributed by atoms with Crippen LogP contribution in [0.4, 0.5) is 0 Å². The van der Waals surface area contributed by atoms with Crippen molar-refractivity contribution in [2.45, 2.75) is 63.7 Å². The summed E-state index contributed by atoms with van der Waals surface area (Å²) >= 11 is 0. The minimum Gasteiger partial charge on any atom is -0.480 e. The van der Waals surface area contributed by atoms with Gasteiger partial charge in [0.25, 0.3) is 0 Å². The number of hydrogen-bond acceptors (Lipinski definition) is 4. The van der Waals surface area contributed by atoms with Gasteiger partial charge in [-0.05, 0) is 24.8 Å². The highest BCUT2D eigenvalue weighted by Gasteiger charge is 2.31. The number of nitrogens with one attached hydrogen (secondary N) is 1. The normalized spacial score (nSPS) is 12.7. The van der Waals surface area contributed by atoms with E-state index < -0.39 is 38.8 Å². The van der Waals surface area contributed by atoms with E-state index >= 15 is 0 Å². The van der Waals surface area contributed by atoms with Crippen LogP contribution in [0, 0.1) is 0 Å². The molecular formula is C19H29NO5S. The summed E-state index contributed by atoms with van der Waals surface area (Å²) in [5.74, 6) is -2.35. The van der Waals surface area contributed by atoms with E-state index in [9.17, 15) is 23.1 Å². The van der Waals surface area contributed by atoms with Crippen molar-refractivity contribution in [2.75, 3.05) is 5.75 Å². The molecule has 0 aliphatic heterocycles. The Hall–Kier alpha value is -1.89. The fourth-order valence-electron chi connectivity index (χ4n) is 2.86. The lowest BCUT2D eigenvalue weighted by Crippen LogP contribution is -2.47. The number of aliphatic carboxylic acids is 1. The van der Waals surface area contributed by atoms with Crippen molar-refractivity contribution in [2.24, 2.45) is 0 Å². The van der Waals surface area contributed by atoms with Crippen molar-refractivity contribution in [1.29, 1.82) is 0 Å². The van der Waals surface area contributed by atoms with Gasteiger partial charge in [0, 0.05) is 6.42 Å². The highest BCUT2D eigenvalue weighted by Crippen LogP contribution is 2.17. The Balaban J connectivity index is 2.69. The number of benzene rings is 1. The minimum atomic E-state index is -3.60. The Kier molecular flexibility index (Phi) is 9.34. The molecule has 0 bridgehead atoms. The van der Waals surface area contributed by atoms with E-state index in [1.54, 1.807) is 0 Å². The maximum absolute atomic E-state index is 12.6. The zero-order valence-electron chi connectivity index (χ0n) is 15.5. The van der Waals surface area contributed by atoms with Crippen LogP contribution in [0.1, 0.15) is 51.5 Å². The van der Waals surface area contributed by atoms with Crippen molar-refractivity contribution >= 4 is 21.7 Å². The number of hydrogen-bond donors (Lipinski definition) is 2. The molecular weight excluding hydrogens is 354 g/mol. The molecule has 1 atom stereocenters. The van der Waals surface area contributed by atoms with E-state index in [4.69, 9.17) is 0 Å². The van der Waals surface area contributed by atoms with Crippen molar-refractivity contribution in [1.82, 2.24) is 5.32 Å². The Morgan fingerprint density at radius 2 is 1.65 bits per heavy atom. The van der Waals surface area contributed by atoms with Gasteiger partial charge in [0.05, 0.1) is 11.0 Å². The van der Waals surface area contributed by atoms with Crippen LogP contribution in [0.15, 0.2) is 30.3 Å². The molecule has 0 aliphatic carbocycles. The van der Waals surface area contributed by atoms with E-state index in [0.717, 1.165) is 5.56 Å². The Morgan fingerprint density at radius 1 is 1.08 bits per heavy atom. The van der Waals surface area contributed by atoms with E-state index in [1.165, 1.54) is 0 Å². The second-order valence-electron chi connectivity index (χ2n) is 6.47. The third-order valence-corrected chi connectivity index (χ3v) is 6.53. The molecule has 1 aromatic carbocycles. The van der Waals surface area contributed by atoms with Crippen molar-refractivity contribution in [3.8, 4) is 0 Å². The van der Waals surface area contributed by atoms with Gasteiger partial charge in [0.15, 0.2) is 9.84 Å². The molecule has 0 aromatic heterocycles. The Morgan fingerprint density at radius 3 is 2.15 bits per heavy atom. The third kappa shape index (κ3) is 7.56. The number of rotatable bonds is 12. The number of aryl methyl sites for hydroxylation is 1. The number of amides is 1. The van der Waals surface area contributed by atoms with Gasteiger partial charge >= 0.3 is 5.97 Å². The molecule has 1 amide bonds. The van der Waals surface area contributed by atoms with Gasteiger partial charge in [-0.25, -0.2) is 13.2 Å². The minimum absolute atomic E-state index is 0.112. The van der Waals surface area contributed by atoms with Crippen LogP contribution in [0.5, 0.6) is 0 Å². The highest BCUT2D eigenvalue weighted by molar-refractivity contribution is 7.92. The molecule has 1 aromatic rings. The van der Waals surface area contributed by atoms with Crippen LogP contribution in [-0.2, 0) is 25.8 Å². The summed E-state index contributed by atoms with van der Waals surface area (Å²) in [6.45, 7) is 3.80. The summed E-state index contributed by atoms with van der Waals surface area (Å²) in [5.41, 5.74) is 0.966. The highest BCUT2D eigenvalue weighted by atomic mass is 32.2. The van der Waals surface area contributed by atoms with Gasteiger partial charge in [-0.2, -0.15) is 0 Å². The van der Waals surface area contributed by atoms with Crippen LogP contribution in [-0.4, -0.2) is 42.4 Å². The maximum Gasteiger partial charge on any atom is 0.327 e. The van der Waals surface area contributed by atoms with Gasteiger partial charge < -0.3 is 10.4 Å². The lowest BCUT2D eigenvalue weighted by Gasteiger charge is -2.20. The lowest BCUT2D eigenvalue weighted by atomic mass is 10.1. The fourth-order valence-corrected chi connectivity index (χ4v) is 5.01. The molecule has 0 heterocycles. The van der Waals surface area contributed by atoms with Crippen molar-refractivity contribution in [3.63, 3.8) is 0 Å². The molecule has 1 unspecified atom stereocenters. The van der Waals surface area contributed by atoms with Gasteiger partial charge in [-0.1, -0.05) is 57.0 Å². The predicted octanol–water partition coefficient (Wildman–Crippen LogP) is 2.57. The molecule has 0 aliphatic rings. The van der Waals surface area contributed by atoms with Crippen LogP contribution in [0.25, 0.3) is 0 Å². The van der Waals surface area contributed by atoms with Gasteiger partial charge in [0.2, 0.25) is 5.91 Å². The number of carboxylic acids is 1. The molecule has 2 N–H and O–H groups in total. The SMILES string of the molecule is CCCC(CCC)S(=O)(=O)CC(NC(=O)CCc1ccccc1)C(=O)O. The zero-order chi connectivity index (χ0) is 19.6. The zero-order valence-corrected chi connectivity index (χ0v) is 16.3. The van der Waals surface area contributed by atoms with Gasteiger partial charge in [-0.3, -0.25) is 4.79 Å². The van der Waals surface area contributed by atoms with E-state index in [0.29, 0.717) is 32.1 Å². The first-order chi connectivity index (χ1) is 12.3. The van der Waals surface area contributed by atoms with Gasteiger partial charge in [0.1, 0.15) is 6.04 Å². The smallest absolute Gasteiger partial charge is 0.327 e. The first kappa shape index (κ1) is 22.2. The summed E-state index contributed by atoms with van der Waals surface area (Å²) in [6.07, 6.45) is 3.02. The maximum atomic E-state index is 12.6. The van der Waals surface area contributed by atoms with Crippen molar-refractivity contribution in [3.05, 3.63) is 35.9 Å². The standard InChI is InChI=1S/C19H29NO5S/c1-3-8-16(9-4-2)26(24,25)14-17(19(22)23)20-18(21)13-12-15-10-6-5-7-11-15/h5-7,10-11,16-17H,3-4,8-9,12-14H2,1-2H3,(H,20,21)(H,22,23). The second-order valence-corrected chi connectivity index (χ2v) is 8.80. The molecule has 7 heteroatoms. The molecule has 6 nitrogen and oxygen atoms in total. The summed E-state index contributed by atoms with van der Waals surface area (Å²) in [5, 5.41) is 11.1. The third-order valence-electron chi connectivity index (χ3n) is 4.25.